The monoisotopic (exact) mass is 933 g/mol. The Labute approximate surface area is 360 Å². The van der Waals surface area contributed by atoms with E-state index in [9.17, 15) is 35.6 Å². The van der Waals surface area contributed by atoms with Crippen molar-refractivity contribution in [1.29, 1.82) is 0 Å². The zero-order valence-electron chi connectivity index (χ0n) is 32.3. The Bertz CT molecular complexity index is 3250. The molecule has 2 aliphatic rings. The van der Waals surface area contributed by atoms with Gasteiger partial charge in [-0.05, 0) is 72.5 Å². The molecule has 4 aromatic heterocycles. The van der Waals surface area contributed by atoms with Gasteiger partial charge in [0.15, 0.2) is 11.5 Å². The molecule has 1 fully saturated rings. The molecule has 1 amide bonds. The van der Waals surface area contributed by atoms with Crippen LogP contribution in [0.25, 0.3) is 38.9 Å². The summed E-state index contributed by atoms with van der Waals surface area (Å²) in [6, 6.07) is 9.89. The minimum absolute atomic E-state index is 0.0147. The summed E-state index contributed by atoms with van der Waals surface area (Å²) in [6.45, 7) is -1.04. The Morgan fingerprint density at radius 3 is 2.40 bits per heavy atom. The zero-order chi connectivity index (χ0) is 45.0. The molecular weight excluding hydrogens is 906 g/mol. The van der Waals surface area contributed by atoms with Crippen LogP contribution < -0.4 is 15.6 Å². The van der Waals surface area contributed by atoms with Crippen LogP contribution in [0, 0.1) is 23.4 Å². The van der Waals surface area contributed by atoms with Crippen molar-refractivity contribution in [3.8, 4) is 16.9 Å². The number of rotatable bonds is 11. The molecule has 0 spiro atoms. The molecule has 9 rings (SSSR count). The summed E-state index contributed by atoms with van der Waals surface area (Å²) in [5.41, 5.74) is -3.42. The number of aromatic nitrogens is 7. The number of aryl methyl sites for hydroxylation is 1. The van der Waals surface area contributed by atoms with Crippen molar-refractivity contribution in [3.63, 3.8) is 0 Å². The summed E-state index contributed by atoms with van der Waals surface area (Å²) in [7, 11) is -2.54. The predicted octanol–water partition coefficient (Wildman–Crippen LogP) is 7.87. The second kappa shape index (κ2) is 15.0. The quantitative estimate of drug-likeness (QED) is 0.124. The number of nitrogens with one attached hydrogen (secondary N) is 2. The Morgan fingerprint density at radius 2 is 1.71 bits per heavy atom. The lowest BCUT2D eigenvalue weighted by Crippen LogP contribution is -2.38. The summed E-state index contributed by atoms with van der Waals surface area (Å²) < 4.78 is 134. The highest BCUT2D eigenvalue weighted by Gasteiger charge is 2.67. The van der Waals surface area contributed by atoms with E-state index in [1.807, 2.05) is 0 Å². The molecule has 63 heavy (non-hydrogen) atoms. The van der Waals surface area contributed by atoms with E-state index in [1.54, 1.807) is 0 Å². The van der Waals surface area contributed by atoms with Crippen molar-refractivity contribution < 1.29 is 43.9 Å². The van der Waals surface area contributed by atoms with Gasteiger partial charge in [-0.1, -0.05) is 23.2 Å². The number of alkyl halides is 4. The minimum Gasteiger partial charge on any atom is -0.344 e. The van der Waals surface area contributed by atoms with Gasteiger partial charge in [0.05, 0.1) is 45.0 Å². The Hall–Kier alpha value is -6.06. The van der Waals surface area contributed by atoms with Gasteiger partial charge in [0.25, 0.3) is 17.9 Å². The van der Waals surface area contributed by atoms with Gasteiger partial charge in [0.1, 0.15) is 41.2 Å². The van der Waals surface area contributed by atoms with Crippen molar-refractivity contribution in [2.75, 3.05) is 11.0 Å². The van der Waals surface area contributed by atoms with Crippen molar-refractivity contribution in [1.82, 2.24) is 39.4 Å². The molecule has 2 N–H and O–H groups in total. The molecule has 0 bridgehead atoms. The minimum atomic E-state index is -3.95. The van der Waals surface area contributed by atoms with Crippen LogP contribution in [0.15, 0.2) is 65.5 Å². The molecular formula is C40H28Cl2F7N9O4S. The SMILES string of the molecule is Cn1nc(NS(C)(=O)=O)c2c(Cl)ccc(-n3c([C@H](Cc4cc(F)cc(F)c4)NC(=O)Cn4nc(C(F)F)c5c4C(F)(F)C4CC54)nc4nc(-c5ccc(Cl)cc5F)ccc4c3=O)c21. The first-order chi connectivity index (χ1) is 29.7. The van der Waals surface area contributed by atoms with Gasteiger partial charge in [-0.2, -0.15) is 19.0 Å². The highest BCUT2D eigenvalue weighted by molar-refractivity contribution is 7.92. The third kappa shape index (κ3) is 7.44. The fourth-order valence-corrected chi connectivity index (χ4v) is 9.20. The number of benzene rings is 3. The van der Waals surface area contributed by atoms with E-state index in [4.69, 9.17) is 23.2 Å². The number of hydrogen-bond acceptors (Lipinski definition) is 8. The molecule has 1 saturated carbocycles. The van der Waals surface area contributed by atoms with Gasteiger partial charge in [-0.25, -0.2) is 40.3 Å². The maximum absolute atomic E-state index is 15.5. The van der Waals surface area contributed by atoms with Crippen molar-refractivity contribution >= 4 is 66.9 Å². The summed E-state index contributed by atoms with van der Waals surface area (Å²) in [5, 5.41) is 10.5. The molecule has 326 valence electrons. The number of carbonyl (C=O) groups is 1. The number of nitrogens with zero attached hydrogens (tertiary/aromatic N) is 7. The van der Waals surface area contributed by atoms with E-state index in [1.165, 1.54) is 48.1 Å². The first-order valence-corrected chi connectivity index (χ1v) is 21.4. The zero-order valence-corrected chi connectivity index (χ0v) is 34.6. The second-order valence-corrected chi connectivity index (χ2v) is 17.8. The summed E-state index contributed by atoms with van der Waals surface area (Å²) in [5.74, 6) is -10.3. The van der Waals surface area contributed by atoms with Gasteiger partial charge < -0.3 is 5.32 Å². The highest BCUT2D eigenvalue weighted by Crippen LogP contribution is 2.68. The largest absolute Gasteiger partial charge is 0.344 e. The van der Waals surface area contributed by atoms with Crippen LogP contribution in [-0.4, -0.2) is 54.7 Å². The normalized spacial score (nSPS) is 17.0. The van der Waals surface area contributed by atoms with E-state index in [-0.39, 0.29) is 72.3 Å². The van der Waals surface area contributed by atoms with E-state index in [0.717, 1.165) is 29.0 Å². The van der Waals surface area contributed by atoms with Crippen molar-refractivity contribution in [2.24, 2.45) is 13.0 Å². The lowest BCUT2D eigenvalue weighted by molar-refractivity contribution is -0.123. The number of carbonyl (C=O) groups excluding carboxylic acids is 1. The number of fused-ring (bicyclic) bond motifs is 5. The van der Waals surface area contributed by atoms with Crippen molar-refractivity contribution in [2.45, 2.75) is 43.7 Å². The van der Waals surface area contributed by atoms with E-state index in [2.05, 4.69) is 30.2 Å². The summed E-state index contributed by atoms with van der Waals surface area (Å²) in [4.78, 5) is 38.2. The van der Waals surface area contributed by atoms with E-state index >= 15 is 13.2 Å². The van der Waals surface area contributed by atoms with Gasteiger partial charge >= 0.3 is 0 Å². The smallest absolute Gasteiger partial charge is 0.293 e. The fraction of sp³-hybridized carbons (Fsp3) is 0.250. The van der Waals surface area contributed by atoms with Crippen LogP contribution in [0.4, 0.5) is 36.6 Å². The average Bonchev–Trinajstić information content (AvgIpc) is 3.72. The Morgan fingerprint density at radius 1 is 0.984 bits per heavy atom. The number of pyridine rings is 1. The molecule has 0 saturated heterocycles. The maximum atomic E-state index is 15.5. The van der Waals surface area contributed by atoms with Crippen LogP contribution in [0.1, 0.15) is 53.1 Å². The molecule has 23 heteroatoms. The molecule has 2 unspecified atom stereocenters. The van der Waals surface area contributed by atoms with Gasteiger partial charge in [-0.3, -0.25) is 28.2 Å². The molecule has 2 aliphatic carbocycles. The number of sulfonamides is 1. The Kier molecular flexibility index (Phi) is 10.1. The van der Waals surface area contributed by atoms with E-state index in [0.29, 0.717) is 10.7 Å². The van der Waals surface area contributed by atoms with Crippen LogP contribution >= 0.6 is 23.2 Å². The topological polar surface area (TPSA) is 159 Å². The van der Waals surface area contributed by atoms with Crippen LogP contribution in [0.5, 0.6) is 0 Å². The number of anilines is 1. The third-order valence-corrected chi connectivity index (χ3v) is 12.0. The molecule has 0 aliphatic heterocycles. The van der Waals surface area contributed by atoms with Gasteiger partial charge in [0.2, 0.25) is 15.9 Å². The molecule has 7 aromatic rings. The van der Waals surface area contributed by atoms with Crippen molar-refractivity contribution in [3.05, 3.63) is 127 Å². The molecule has 0 radical (unpaired) electrons. The number of hydrogen-bond donors (Lipinski definition) is 2. The summed E-state index contributed by atoms with van der Waals surface area (Å²) >= 11 is 12.6. The lowest BCUT2D eigenvalue weighted by atomic mass is 10.0. The second-order valence-electron chi connectivity index (χ2n) is 15.2. The predicted molar refractivity (Wildman–Crippen MR) is 216 cm³/mol. The first kappa shape index (κ1) is 42.3. The van der Waals surface area contributed by atoms with Crippen LogP contribution in [-0.2, 0) is 40.8 Å². The fourth-order valence-electron chi connectivity index (χ4n) is 8.31. The summed E-state index contributed by atoms with van der Waals surface area (Å²) in [6.07, 6.45) is -2.95. The lowest BCUT2D eigenvalue weighted by Gasteiger charge is -2.24. The molecule has 3 atom stereocenters. The molecule has 13 nitrogen and oxygen atoms in total. The Balaban J connectivity index is 1.26. The average molecular weight is 935 g/mol. The van der Waals surface area contributed by atoms with Gasteiger partial charge in [-0.15, -0.1) is 0 Å². The van der Waals surface area contributed by atoms with Gasteiger partial charge in [0, 0.05) is 41.6 Å². The van der Waals surface area contributed by atoms with Crippen LogP contribution in [0.2, 0.25) is 10.0 Å². The maximum Gasteiger partial charge on any atom is 0.293 e. The standard InChI is InChI=1S/C40H28Cl2F7N9O4S/c1-56-33-28(8-6-24(42)31(33)37(54-56)55-63(2,61)62)58-38(52-36-21(39(58)60)5-7-26(51-36)20-4-3-17(41)12-25(20)45)27(11-16-9-18(43)13-19(44)10-16)50-29(59)15-57-34-30(32(53-57)35(46)47)22-14-23(22)40(34,48)49/h3-10,12-13,22-23,27,35H,11,14-15H2,1-2H3,(H,50,59)(H,54,55)/t22?,23?,27-/m0/s1. The number of amides is 1. The third-order valence-electron chi connectivity index (χ3n) is 10.9. The van der Waals surface area contributed by atoms with Crippen LogP contribution in [0.3, 0.4) is 0 Å². The number of halogens is 9. The molecule has 4 heterocycles. The van der Waals surface area contributed by atoms with E-state index < -0.39 is 99.3 Å². The molecule has 3 aromatic carbocycles. The highest BCUT2D eigenvalue weighted by atomic mass is 35.5. The first-order valence-electron chi connectivity index (χ1n) is 18.7.